The highest BCUT2D eigenvalue weighted by atomic mass is 16.5. The van der Waals surface area contributed by atoms with Crippen LogP contribution in [-0.4, -0.2) is 26.3 Å². The van der Waals surface area contributed by atoms with Gasteiger partial charge in [-0.05, 0) is 25.5 Å². The number of nitrogens with one attached hydrogen (secondary N) is 1. The highest BCUT2D eigenvalue weighted by Crippen LogP contribution is 2.38. The number of nitrogens with zero attached hydrogens (tertiary/aromatic N) is 1. The molecule has 19 heavy (non-hydrogen) atoms. The smallest absolute Gasteiger partial charge is 0.295 e. The number of aryl methyl sites for hydroxylation is 2. The third kappa shape index (κ3) is 2.36. The second-order valence-corrected chi connectivity index (χ2v) is 4.20. The number of hydrogen-bond acceptors (Lipinski definition) is 5. The molecule has 0 saturated carbocycles. The van der Waals surface area contributed by atoms with Gasteiger partial charge in [-0.1, -0.05) is 0 Å². The molecular formula is C14H18N2O3. The van der Waals surface area contributed by atoms with Crippen LogP contribution in [0.4, 0.5) is 6.01 Å². The normalized spacial score (nSPS) is 10.4. The summed E-state index contributed by atoms with van der Waals surface area (Å²) in [6.45, 7) is 3.87. The fraction of sp³-hybridized carbons (Fsp3) is 0.357. The largest absolute Gasteiger partial charge is 0.497 e. The Balaban J connectivity index is 2.63. The van der Waals surface area contributed by atoms with E-state index in [1.165, 1.54) is 0 Å². The zero-order valence-electron chi connectivity index (χ0n) is 11.8. The zero-order chi connectivity index (χ0) is 14.0. The second-order valence-electron chi connectivity index (χ2n) is 4.20. The van der Waals surface area contributed by atoms with E-state index in [-0.39, 0.29) is 0 Å². The van der Waals surface area contributed by atoms with E-state index in [0.717, 1.165) is 34.1 Å². The molecule has 102 valence electrons. The first kappa shape index (κ1) is 13.3. The van der Waals surface area contributed by atoms with Crippen LogP contribution in [0.15, 0.2) is 16.5 Å². The molecule has 1 aromatic carbocycles. The SMILES string of the molecule is CNc1nc(-c2c(C)cc(OC)cc2OC)c(C)o1. The molecule has 0 atom stereocenters. The Morgan fingerprint density at radius 2 is 1.89 bits per heavy atom. The van der Waals surface area contributed by atoms with Gasteiger partial charge in [0.1, 0.15) is 23.0 Å². The van der Waals surface area contributed by atoms with E-state index in [9.17, 15) is 0 Å². The molecule has 0 spiro atoms. The lowest BCUT2D eigenvalue weighted by atomic mass is 10.0. The molecule has 5 heteroatoms. The molecule has 2 rings (SSSR count). The summed E-state index contributed by atoms with van der Waals surface area (Å²) in [5, 5.41) is 2.89. The van der Waals surface area contributed by atoms with Crippen molar-refractivity contribution in [3.8, 4) is 22.8 Å². The Labute approximate surface area is 112 Å². The van der Waals surface area contributed by atoms with Crippen LogP contribution in [0.3, 0.4) is 0 Å². The van der Waals surface area contributed by atoms with E-state index in [1.54, 1.807) is 21.3 Å². The Morgan fingerprint density at radius 1 is 1.16 bits per heavy atom. The van der Waals surface area contributed by atoms with Gasteiger partial charge >= 0.3 is 0 Å². The predicted octanol–water partition coefficient (Wildman–Crippen LogP) is 3.02. The molecule has 0 aliphatic rings. The molecular weight excluding hydrogens is 244 g/mol. The predicted molar refractivity (Wildman–Crippen MR) is 74.1 cm³/mol. The first-order valence-corrected chi connectivity index (χ1v) is 5.98. The average Bonchev–Trinajstić information content (AvgIpc) is 2.78. The summed E-state index contributed by atoms with van der Waals surface area (Å²) < 4.78 is 16.2. The standard InChI is InChI=1S/C14H18N2O3/c1-8-6-10(17-4)7-11(18-5)12(8)13-9(2)19-14(15-3)16-13/h6-7H,1-5H3,(H,15,16). The minimum atomic E-state index is 0.491. The number of hydrogen-bond donors (Lipinski definition) is 1. The van der Waals surface area contributed by atoms with E-state index in [2.05, 4.69) is 10.3 Å². The maximum absolute atomic E-state index is 5.52. The van der Waals surface area contributed by atoms with Gasteiger partial charge in [-0.2, -0.15) is 4.98 Å². The van der Waals surface area contributed by atoms with Crippen molar-refractivity contribution in [2.75, 3.05) is 26.6 Å². The van der Waals surface area contributed by atoms with Gasteiger partial charge in [0.2, 0.25) is 0 Å². The summed E-state index contributed by atoms with van der Waals surface area (Å²) >= 11 is 0. The van der Waals surface area contributed by atoms with Gasteiger partial charge in [0.25, 0.3) is 6.01 Å². The van der Waals surface area contributed by atoms with E-state index >= 15 is 0 Å². The van der Waals surface area contributed by atoms with Crippen LogP contribution in [0.5, 0.6) is 11.5 Å². The van der Waals surface area contributed by atoms with Crippen LogP contribution in [0.1, 0.15) is 11.3 Å². The van der Waals surface area contributed by atoms with E-state index in [1.807, 2.05) is 26.0 Å². The van der Waals surface area contributed by atoms with Crippen molar-refractivity contribution < 1.29 is 13.9 Å². The van der Waals surface area contributed by atoms with Gasteiger partial charge in [-0.15, -0.1) is 0 Å². The van der Waals surface area contributed by atoms with Crippen molar-refractivity contribution in [3.05, 3.63) is 23.5 Å². The molecule has 0 saturated heterocycles. The molecule has 1 aromatic heterocycles. The molecule has 0 aliphatic heterocycles. The van der Waals surface area contributed by atoms with Crippen LogP contribution in [0.2, 0.25) is 0 Å². The number of oxazole rings is 1. The number of rotatable bonds is 4. The third-order valence-corrected chi connectivity index (χ3v) is 2.98. The first-order valence-electron chi connectivity index (χ1n) is 5.98. The van der Waals surface area contributed by atoms with Crippen molar-refractivity contribution in [2.24, 2.45) is 0 Å². The molecule has 0 unspecified atom stereocenters. The van der Waals surface area contributed by atoms with Gasteiger partial charge in [-0.25, -0.2) is 0 Å². The fourth-order valence-corrected chi connectivity index (χ4v) is 2.04. The van der Waals surface area contributed by atoms with Gasteiger partial charge in [0.15, 0.2) is 0 Å². The molecule has 0 fully saturated rings. The molecule has 0 radical (unpaired) electrons. The fourth-order valence-electron chi connectivity index (χ4n) is 2.04. The molecule has 5 nitrogen and oxygen atoms in total. The number of anilines is 1. The lowest BCUT2D eigenvalue weighted by Crippen LogP contribution is -1.95. The maximum Gasteiger partial charge on any atom is 0.295 e. The number of benzene rings is 1. The Morgan fingerprint density at radius 3 is 2.42 bits per heavy atom. The lowest BCUT2D eigenvalue weighted by Gasteiger charge is -2.12. The second kappa shape index (κ2) is 5.22. The summed E-state index contributed by atoms with van der Waals surface area (Å²) in [6.07, 6.45) is 0. The zero-order valence-corrected chi connectivity index (χ0v) is 11.8. The van der Waals surface area contributed by atoms with Crippen LogP contribution >= 0.6 is 0 Å². The average molecular weight is 262 g/mol. The van der Waals surface area contributed by atoms with E-state index in [0.29, 0.717) is 6.01 Å². The Bertz CT molecular complexity index is 591. The van der Waals surface area contributed by atoms with Crippen LogP contribution in [0.25, 0.3) is 11.3 Å². The van der Waals surface area contributed by atoms with Gasteiger partial charge in [-0.3, -0.25) is 0 Å². The molecule has 0 bridgehead atoms. The number of methoxy groups -OCH3 is 2. The Hall–Kier alpha value is -2.17. The number of ether oxygens (including phenoxy) is 2. The molecule has 2 aromatic rings. The Kier molecular flexibility index (Phi) is 3.64. The lowest BCUT2D eigenvalue weighted by molar-refractivity contribution is 0.394. The van der Waals surface area contributed by atoms with Crippen LogP contribution in [0, 0.1) is 13.8 Å². The molecule has 1 N–H and O–H groups in total. The minimum Gasteiger partial charge on any atom is -0.497 e. The highest BCUT2D eigenvalue weighted by Gasteiger charge is 2.18. The van der Waals surface area contributed by atoms with Crippen molar-refractivity contribution >= 4 is 6.01 Å². The molecule has 1 heterocycles. The summed E-state index contributed by atoms with van der Waals surface area (Å²) in [5.74, 6) is 2.22. The van der Waals surface area contributed by atoms with E-state index < -0.39 is 0 Å². The first-order chi connectivity index (χ1) is 9.10. The van der Waals surface area contributed by atoms with Crippen molar-refractivity contribution in [3.63, 3.8) is 0 Å². The van der Waals surface area contributed by atoms with Crippen molar-refractivity contribution in [1.29, 1.82) is 0 Å². The molecule has 0 aliphatic carbocycles. The minimum absolute atomic E-state index is 0.491. The summed E-state index contributed by atoms with van der Waals surface area (Å²) in [6, 6.07) is 4.28. The van der Waals surface area contributed by atoms with Crippen LogP contribution < -0.4 is 14.8 Å². The van der Waals surface area contributed by atoms with E-state index in [4.69, 9.17) is 13.9 Å². The monoisotopic (exact) mass is 262 g/mol. The van der Waals surface area contributed by atoms with Crippen molar-refractivity contribution in [2.45, 2.75) is 13.8 Å². The molecule has 0 amide bonds. The maximum atomic E-state index is 5.52. The topological polar surface area (TPSA) is 56.5 Å². The highest BCUT2D eigenvalue weighted by molar-refractivity contribution is 5.74. The summed E-state index contributed by atoms with van der Waals surface area (Å²) in [4.78, 5) is 4.42. The van der Waals surface area contributed by atoms with Gasteiger partial charge in [0, 0.05) is 18.7 Å². The quantitative estimate of drug-likeness (QED) is 0.917. The van der Waals surface area contributed by atoms with Crippen LogP contribution in [-0.2, 0) is 0 Å². The summed E-state index contributed by atoms with van der Waals surface area (Å²) in [5.41, 5.74) is 2.72. The third-order valence-electron chi connectivity index (χ3n) is 2.98. The van der Waals surface area contributed by atoms with Gasteiger partial charge in [0.05, 0.1) is 14.2 Å². The van der Waals surface area contributed by atoms with Gasteiger partial charge < -0.3 is 19.2 Å². The number of aromatic nitrogens is 1. The van der Waals surface area contributed by atoms with Crippen molar-refractivity contribution in [1.82, 2.24) is 4.98 Å². The summed E-state index contributed by atoms with van der Waals surface area (Å²) in [7, 11) is 5.04.